The predicted octanol–water partition coefficient (Wildman–Crippen LogP) is 3.13. The Morgan fingerprint density at radius 2 is 2.07 bits per heavy atom. The highest BCUT2D eigenvalue weighted by Gasteiger charge is 2.35. The van der Waals surface area contributed by atoms with E-state index in [2.05, 4.69) is 20.7 Å². The maximum atomic E-state index is 12.5. The highest BCUT2D eigenvalue weighted by atomic mass is 35.5. The SMILES string of the molecule is COc1ccc(Cl)cc1NC(=O)CC1C(=O)Nc2nc(-c3ccccc3)nn21. The average Bonchev–Trinajstić information content (AvgIpc) is 3.21. The largest absolute Gasteiger partial charge is 0.495 e. The van der Waals surface area contributed by atoms with Gasteiger partial charge in [-0.3, -0.25) is 14.9 Å². The van der Waals surface area contributed by atoms with E-state index >= 15 is 0 Å². The Labute approximate surface area is 165 Å². The van der Waals surface area contributed by atoms with Crippen molar-refractivity contribution < 1.29 is 14.3 Å². The molecule has 3 aromatic rings. The summed E-state index contributed by atoms with van der Waals surface area (Å²) in [4.78, 5) is 29.1. The van der Waals surface area contributed by atoms with E-state index in [4.69, 9.17) is 16.3 Å². The van der Waals surface area contributed by atoms with Crippen molar-refractivity contribution in [3.8, 4) is 17.1 Å². The summed E-state index contributed by atoms with van der Waals surface area (Å²) in [6.45, 7) is 0. The van der Waals surface area contributed by atoms with Gasteiger partial charge in [-0.15, -0.1) is 5.10 Å². The number of methoxy groups -OCH3 is 1. The highest BCUT2D eigenvalue weighted by Crippen LogP contribution is 2.30. The van der Waals surface area contributed by atoms with E-state index < -0.39 is 6.04 Å². The average molecular weight is 398 g/mol. The molecule has 8 nitrogen and oxygen atoms in total. The van der Waals surface area contributed by atoms with Crippen molar-refractivity contribution in [3.05, 3.63) is 53.6 Å². The van der Waals surface area contributed by atoms with Crippen LogP contribution in [0.2, 0.25) is 5.02 Å². The van der Waals surface area contributed by atoms with Crippen molar-refractivity contribution in [3.63, 3.8) is 0 Å². The summed E-state index contributed by atoms with van der Waals surface area (Å²) < 4.78 is 6.66. The van der Waals surface area contributed by atoms with Crippen LogP contribution >= 0.6 is 11.6 Å². The first-order valence-electron chi connectivity index (χ1n) is 8.51. The lowest BCUT2D eigenvalue weighted by Gasteiger charge is -2.12. The number of hydrogen-bond donors (Lipinski definition) is 2. The maximum Gasteiger partial charge on any atom is 0.252 e. The van der Waals surface area contributed by atoms with Gasteiger partial charge in [-0.25, -0.2) is 4.68 Å². The minimum Gasteiger partial charge on any atom is -0.495 e. The zero-order valence-corrected chi connectivity index (χ0v) is 15.6. The molecule has 0 bridgehead atoms. The molecule has 0 saturated heterocycles. The Balaban J connectivity index is 1.53. The molecular formula is C19H16ClN5O3. The molecule has 0 fully saturated rings. The fraction of sp³-hybridized carbons (Fsp3) is 0.158. The molecule has 1 atom stereocenters. The van der Waals surface area contributed by atoms with E-state index in [1.807, 2.05) is 30.3 Å². The molecule has 1 aliphatic rings. The number of carbonyl (C=O) groups is 2. The Hall–Kier alpha value is -3.39. The molecule has 0 spiro atoms. The van der Waals surface area contributed by atoms with Gasteiger partial charge in [0.05, 0.1) is 19.2 Å². The summed E-state index contributed by atoms with van der Waals surface area (Å²) in [5.41, 5.74) is 1.26. The van der Waals surface area contributed by atoms with Gasteiger partial charge in [-0.05, 0) is 18.2 Å². The van der Waals surface area contributed by atoms with Crippen LogP contribution in [0.3, 0.4) is 0 Å². The zero-order chi connectivity index (χ0) is 19.7. The van der Waals surface area contributed by atoms with E-state index in [1.165, 1.54) is 11.8 Å². The second kappa shape index (κ2) is 7.32. The predicted molar refractivity (Wildman–Crippen MR) is 104 cm³/mol. The first-order chi connectivity index (χ1) is 13.5. The Bertz CT molecular complexity index is 1050. The lowest BCUT2D eigenvalue weighted by Crippen LogP contribution is -2.24. The van der Waals surface area contributed by atoms with Crippen LogP contribution < -0.4 is 15.4 Å². The highest BCUT2D eigenvalue weighted by molar-refractivity contribution is 6.31. The Kier molecular flexibility index (Phi) is 4.70. The van der Waals surface area contributed by atoms with Crippen molar-refractivity contribution in [1.82, 2.24) is 14.8 Å². The summed E-state index contributed by atoms with van der Waals surface area (Å²) in [5, 5.41) is 10.2. The fourth-order valence-corrected chi connectivity index (χ4v) is 3.15. The van der Waals surface area contributed by atoms with Crippen LogP contribution in [-0.4, -0.2) is 33.7 Å². The summed E-state index contributed by atoms with van der Waals surface area (Å²) in [6, 6.07) is 13.5. The van der Waals surface area contributed by atoms with E-state index in [0.29, 0.717) is 28.2 Å². The van der Waals surface area contributed by atoms with E-state index in [0.717, 1.165) is 5.56 Å². The van der Waals surface area contributed by atoms with Crippen LogP contribution in [0.25, 0.3) is 11.4 Å². The van der Waals surface area contributed by atoms with Crippen LogP contribution in [-0.2, 0) is 9.59 Å². The van der Waals surface area contributed by atoms with Crippen LogP contribution in [0, 0.1) is 0 Å². The fourth-order valence-electron chi connectivity index (χ4n) is 2.97. The van der Waals surface area contributed by atoms with Crippen molar-refractivity contribution >= 4 is 35.1 Å². The van der Waals surface area contributed by atoms with Gasteiger partial charge >= 0.3 is 0 Å². The molecule has 0 radical (unpaired) electrons. The van der Waals surface area contributed by atoms with Crippen molar-refractivity contribution in [2.45, 2.75) is 12.5 Å². The number of carbonyl (C=O) groups excluding carboxylic acids is 2. The van der Waals surface area contributed by atoms with Gasteiger partial charge < -0.3 is 10.1 Å². The third-order valence-corrected chi connectivity index (χ3v) is 4.55. The topological polar surface area (TPSA) is 98.1 Å². The number of aromatic nitrogens is 3. The van der Waals surface area contributed by atoms with Crippen LogP contribution in [0.5, 0.6) is 5.75 Å². The van der Waals surface area contributed by atoms with Crippen LogP contribution in [0.15, 0.2) is 48.5 Å². The Morgan fingerprint density at radius 1 is 1.29 bits per heavy atom. The molecule has 4 rings (SSSR count). The molecule has 1 unspecified atom stereocenters. The molecule has 2 N–H and O–H groups in total. The molecule has 142 valence electrons. The third kappa shape index (κ3) is 3.41. The van der Waals surface area contributed by atoms with Gasteiger partial charge in [0, 0.05) is 10.6 Å². The monoisotopic (exact) mass is 397 g/mol. The van der Waals surface area contributed by atoms with Crippen molar-refractivity contribution in [2.75, 3.05) is 17.7 Å². The number of anilines is 2. The molecular weight excluding hydrogens is 382 g/mol. The molecule has 2 amide bonds. The van der Waals surface area contributed by atoms with Gasteiger partial charge in [0.25, 0.3) is 5.91 Å². The smallest absolute Gasteiger partial charge is 0.252 e. The number of amides is 2. The van der Waals surface area contributed by atoms with E-state index in [-0.39, 0.29) is 18.2 Å². The summed E-state index contributed by atoms with van der Waals surface area (Å²) in [7, 11) is 1.50. The molecule has 2 aromatic carbocycles. The zero-order valence-electron chi connectivity index (χ0n) is 14.8. The number of benzene rings is 2. The molecule has 1 aliphatic heterocycles. The summed E-state index contributed by atoms with van der Waals surface area (Å²) in [5.74, 6) is 0.578. The lowest BCUT2D eigenvalue weighted by molar-refractivity contribution is -0.123. The number of rotatable bonds is 5. The minimum atomic E-state index is -0.787. The van der Waals surface area contributed by atoms with E-state index in [9.17, 15) is 9.59 Å². The van der Waals surface area contributed by atoms with Crippen molar-refractivity contribution in [1.29, 1.82) is 0 Å². The molecule has 0 aliphatic carbocycles. The summed E-state index contributed by atoms with van der Waals surface area (Å²) >= 11 is 5.99. The second-order valence-electron chi connectivity index (χ2n) is 6.17. The van der Waals surface area contributed by atoms with Gasteiger partial charge in [0.2, 0.25) is 11.9 Å². The van der Waals surface area contributed by atoms with Crippen molar-refractivity contribution in [2.24, 2.45) is 0 Å². The van der Waals surface area contributed by atoms with Gasteiger partial charge in [0.1, 0.15) is 11.8 Å². The van der Waals surface area contributed by atoms with Gasteiger partial charge in [-0.1, -0.05) is 41.9 Å². The molecule has 2 heterocycles. The number of fused-ring (bicyclic) bond motifs is 1. The number of nitrogens with one attached hydrogen (secondary N) is 2. The Morgan fingerprint density at radius 3 is 2.82 bits per heavy atom. The number of halogens is 1. The standard InChI is InChI=1S/C19H16ClN5O3/c1-28-15-8-7-12(20)9-13(15)21-16(26)10-14-18(27)23-19-22-17(24-25(14)19)11-5-3-2-4-6-11/h2-9,14H,10H2,1H3,(H,21,26)(H,22,23,24,27). The van der Waals surface area contributed by atoms with Crippen LogP contribution in [0.4, 0.5) is 11.6 Å². The number of hydrogen-bond acceptors (Lipinski definition) is 5. The summed E-state index contributed by atoms with van der Waals surface area (Å²) in [6.07, 6.45) is -0.105. The van der Waals surface area contributed by atoms with E-state index in [1.54, 1.807) is 18.2 Å². The minimum absolute atomic E-state index is 0.105. The second-order valence-corrected chi connectivity index (χ2v) is 6.61. The first kappa shape index (κ1) is 18.0. The quantitative estimate of drug-likeness (QED) is 0.689. The van der Waals surface area contributed by atoms with Gasteiger partial charge in [-0.2, -0.15) is 4.98 Å². The lowest BCUT2D eigenvalue weighted by atomic mass is 10.2. The third-order valence-electron chi connectivity index (χ3n) is 4.31. The molecule has 1 aromatic heterocycles. The maximum absolute atomic E-state index is 12.5. The molecule has 28 heavy (non-hydrogen) atoms. The number of ether oxygens (including phenoxy) is 1. The van der Waals surface area contributed by atoms with Crippen LogP contribution in [0.1, 0.15) is 12.5 Å². The number of nitrogens with zero attached hydrogens (tertiary/aromatic N) is 3. The first-order valence-corrected chi connectivity index (χ1v) is 8.89. The normalized spacial score (nSPS) is 15.1. The van der Waals surface area contributed by atoms with Gasteiger partial charge in [0.15, 0.2) is 5.82 Å². The molecule has 0 saturated carbocycles. The molecule has 9 heteroatoms.